The molecule has 1 aliphatic rings. The van der Waals surface area contributed by atoms with Crippen LogP contribution in [0.15, 0.2) is 22.7 Å². The van der Waals surface area contributed by atoms with E-state index in [1.54, 1.807) is 7.11 Å². The van der Waals surface area contributed by atoms with E-state index in [0.29, 0.717) is 4.83 Å². The van der Waals surface area contributed by atoms with Crippen molar-refractivity contribution < 1.29 is 4.74 Å². The molecule has 1 nitrogen and oxygen atoms in total. The quantitative estimate of drug-likeness (QED) is 0.554. The molecule has 3 heteroatoms. The van der Waals surface area contributed by atoms with E-state index >= 15 is 0 Å². The first kappa shape index (κ1) is 15.4. The van der Waals surface area contributed by atoms with Gasteiger partial charge in [-0.1, -0.05) is 70.0 Å². The number of alkyl halides is 1. The Morgan fingerprint density at radius 3 is 2.32 bits per heavy atom. The fraction of sp³-hybridized carbons (Fsp3) is 0.625. The zero-order valence-electron chi connectivity index (χ0n) is 11.5. The Bertz CT molecular complexity index is 398. The van der Waals surface area contributed by atoms with Gasteiger partial charge in [0.1, 0.15) is 5.75 Å². The molecule has 1 aliphatic carbocycles. The summed E-state index contributed by atoms with van der Waals surface area (Å²) in [6.07, 6.45) is 9.66. The Morgan fingerprint density at radius 2 is 1.74 bits per heavy atom. The van der Waals surface area contributed by atoms with E-state index < -0.39 is 0 Å². The molecule has 0 aromatic heterocycles. The van der Waals surface area contributed by atoms with Gasteiger partial charge >= 0.3 is 0 Å². The highest BCUT2D eigenvalue weighted by Crippen LogP contribution is 2.42. The van der Waals surface area contributed by atoms with Crippen molar-refractivity contribution in [2.45, 2.75) is 49.8 Å². The maximum atomic E-state index is 5.27. The molecule has 1 saturated carbocycles. The molecule has 0 radical (unpaired) electrons. The van der Waals surface area contributed by atoms with E-state index in [-0.39, 0.29) is 0 Å². The zero-order chi connectivity index (χ0) is 13.7. The highest BCUT2D eigenvalue weighted by atomic mass is 79.9. The molecule has 0 bridgehead atoms. The first-order chi connectivity index (χ1) is 9.22. The molecule has 0 heterocycles. The minimum atomic E-state index is 0.450. The second-order valence-corrected chi connectivity index (χ2v) is 7.24. The average Bonchev–Trinajstić information content (AvgIpc) is 2.37. The molecule has 0 saturated heterocycles. The molecule has 0 aliphatic heterocycles. The van der Waals surface area contributed by atoms with Crippen LogP contribution in [0.5, 0.6) is 5.75 Å². The van der Waals surface area contributed by atoms with Gasteiger partial charge in [0.15, 0.2) is 0 Å². The lowest BCUT2D eigenvalue weighted by Gasteiger charge is -2.25. The lowest BCUT2D eigenvalue weighted by molar-refractivity contribution is 0.373. The summed E-state index contributed by atoms with van der Waals surface area (Å²) in [4.78, 5) is 0.450. The van der Waals surface area contributed by atoms with Gasteiger partial charge in [0.25, 0.3) is 0 Å². The van der Waals surface area contributed by atoms with E-state index in [4.69, 9.17) is 4.74 Å². The monoisotopic (exact) mass is 388 g/mol. The van der Waals surface area contributed by atoms with Crippen LogP contribution in [-0.4, -0.2) is 7.11 Å². The highest BCUT2D eigenvalue weighted by Gasteiger charge is 2.23. The lowest BCUT2D eigenvalue weighted by Crippen LogP contribution is -2.10. The fourth-order valence-corrected chi connectivity index (χ4v) is 4.73. The van der Waals surface area contributed by atoms with Gasteiger partial charge in [-0.3, -0.25) is 0 Å². The third-order valence-corrected chi connectivity index (χ3v) is 6.00. The lowest BCUT2D eigenvalue weighted by atomic mass is 9.86. The zero-order valence-corrected chi connectivity index (χ0v) is 14.7. The first-order valence-electron chi connectivity index (χ1n) is 7.20. The number of halogens is 2. The van der Waals surface area contributed by atoms with Crippen LogP contribution in [0, 0.1) is 5.92 Å². The van der Waals surface area contributed by atoms with E-state index in [2.05, 4.69) is 50.1 Å². The molecule has 0 spiro atoms. The van der Waals surface area contributed by atoms with E-state index in [0.717, 1.165) is 16.1 Å². The van der Waals surface area contributed by atoms with E-state index in [1.165, 1.54) is 50.5 Å². The van der Waals surface area contributed by atoms with Gasteiger partial charge in [-0.05, 0) is 36.5 Å². The standard InChI is InChI=1S/C16H22Br2O/c1-19-13-9-10-14(15(17)11-13)16(18)12-7-5-3-2-4-6-8-12/h9-12,16H,2-8H2,1H3. The molecule has 1 aromatic carbocycles. The minimum absolute atomic E-state index is 0.450. The number of methoxy groups -OCH3 is 1. The normalized spacial score (nSPS) is 19.5. The Hall–Kier alpha value is -0.0200. The van der Waals surface area contributed by atoms with Gasteiger partial charge in [0.2, 0.25) is 0 Å². The molecule has 19 heavy (non-hydrogen) atoms. The second kappa shape index (κ2) is 7.68. The number of ether oxygens (including phenoxy) is 1. The summed E-state index contributed by atoms with van der Waals surface area (Å²) in [5.41, 5.74) is 1.35. The Labute approximate surface area is 133 Å². The summed E-state index contributed by atoms with van der Waals surface area (Å²) in [6, 6.07) is 6.30. The molecule has 2 rings (SSSR count). The summed E-state index contributed by atoms with van der Waals surface area (Å²) in [5, 5.41) is 0. The Morgan fingerprint density at radius 1 is 1.11 bits per heavy atom. The van der Waals surface area contributed by atoms with Crippen LogP contribution < -0.4 is 4.74 Å². The van der Waals surface area contributed by atoms with Crippen LogP contribution in [0.1, 0.15) is 55.3 Å². The molecule has 1 aromatic rings. The van der Waals surface area contributed by atoms with Gasteiger partial charge in [-0.2, -0.15) is 0 Å². The van der Waals surface area contributed by atoms with Crippen molar-refractivity contribution in [2.75, 3.05) is 7.11 Å². The summed E-state index contributed by atoms with van der Waals surface area (Å²) in [6.45, 7) is 0. The predicted molar refractivity (Wildman–Crippen MR) is 88.2 cm³/mol. The highest BCUT2D eigenvalue weighted by molar-refractivity contribution is 9.11. The number of hydrogen-bond acceptors (Lipinski definition) is 1. The molecular weight excluding hydrogens is 368 g/mol. The average molecular weight is 390 g/mol. The molecule has 1 unspecified atom stereocenters. The van der Waals surface area contributed by atoms with Gasteiger partial charge in [-0.25, -0.2) is 0 Å². The van der Waals surface area contributed by atoms with Crippen molar-refractivity contribution in [2.24, 2.45) is 5.92 Å². The van der Waals surface area contributed by atoms with Gasteiger partial charge in [-0.15, -0.1) is 0 Å². The van der Waals surface area contributed by atoms with Crippen LogP contribution in [-0.2, 0) is 0 Å². The topological polar surface area (TPSA) is 9.23 Å². The fourth-order valence-electron chi connectivity index (χ4n) is 2.89. The van der Waals surface area contributed by atoms with Gasteiger partial charge < -0.3 is 4.74 Å². The summed E-state index contributed by atoms with van der Waals surface area (Å²) in [7, 11) is 1.71. The SMILES string of the molecule is COc1ccc(C(Br)C2CCCCCCC2)c(Br)c1. The Kier molecular flexibility index (Phi) is 6.21. The van der Waals surface area contributed by atoms with Crippen LogP contribution in [0.3, 0.4) is 0 Å². The van der Waals surface area contributed by atoms with Crippen LogP contribution in [0.25, 0.3) is 0 Å². The maximum absolute atomic E-state index is 5.27. The largest absolute Gasteiger partial charge is 0.497 e. The molecule has 1 fully saturated rings. The van der Waals surface area contributed by atoms with E-state index in [1.807, 2.05) is 0 Å². The van der Waals surface area contributed by atoms with Crippen molar-refractivity contribution in [3.05, 3.63) is 28.2 Å². The third kappa shape index (κ3) is 4.22. The van der Waals surface area contributed by atoms with Crippen LogP contribution in [0.2, 0.25) is 0 Å². The molecule has 106 valence electrons. The van der Waals surface area contributed by atoms with Crippen molar-refractivity contribution in [3.63, 3.8) is 0 Å². The second-order valence-electron chi connectivity index (χ2n) is 5.39. The van der Waals surface area contributed by atoms with Crippen molar-refractivity contribution >= 4 is 31.9 Å². The van der Waals surface area contributed by atoms with Crippen LogP contribution >= 0.6 is 31.9 Å². The molecule has 1 atom stereocenters. The minimum Gasteiger partial charge on any atom is -0.497 e. The third-order valence-electron chi connectivity index (χ3n) is 4.07. The van der Waals surface area contributed by atoms with Crippen molar-refractivity contribution in [1.82, 2.24) is 0 Å². The van der Waals surface area contributed by atoms with Crippen LogP contribution in [0.4, 0.5) is 0 Å². The van der Waals surface area contributed by atoms with Gasteiger partial charge in [0.05, 0.1) is 7.11 Å². The summed E-state index contributed by atoms with van der Waals surface area (Å²) >= 11 is 7.61. The summed E-state index contributed by atoms with van der Waals surface area (Å²) in [5.74, 6) is 1.66. The number of benzene rings is 1. The van der Waals surface area contributed by atoms with Gasteiger partial charge in [0, 0.05) is 9.30 Å². The van der Waals surface area contributed by atoms with Crippen molar-refractivity contribution in [1.29, 1.82) is 0 Å². The number of hydrogen-bond donors (Lipinski definition) is 0. The predicted octanol–water partition coefficient (Wildman–Crippen LogP) is 6.25. The smallest absolute Gasteiger partial charge is 0.120 e. The number of rotatable bonds is 3. The Balaban J connectivity index is 2.10. The maximum Gasteiger partial charge on any atom is 0.120 e. The molecule has 0 N–H and O–H groups in total. The molecule has 0 amide bonds. The summed E-state index contributed by atoms with van der Waals surface area (Å²) < 4.78 is 6.42. The van der Waals surface area contributed by atoms with Crippen molar-refractivity contribution in [3.8, 4) is 5.75 Å². The first-order valence-corrected chi connectivity index (χ1v) is 8.90. The van der Waals surface area contributed by atoms with E-state index in [9.17, 15) is 0 Å². The molecular formula is C16H22Br2O.